The molecule has 178 valence electrons. The highest BCUT2D eigenvalue weighted by Crippen LogP contribution is 2.23. The third kappa shape index (κ3) is 6.35. The molecule has 0 saturated heterocycles. The number of allylic oxidation sites excluding steroid dienone is 1. The molecule has 0 bridgehead atoms. The first-order valence-corrected chi connectivity index (χ1v) is 12.4. The van der Waals surface area contributed by atoms with Gasteiger partial charge in [-0.2, -0.15) is 0 Å². The van der Waals surface area contributed by atoms with Crippen molar-refractivity contribution < 1.29 is 9.59 Å². The number of carbonyl (C=O) groups excluding carboxylic acids is 2. The van der Waals surface area contributed by atoms with Crippen LogP contribution in [0.4, 0.5) is 11.4 Å². The summed E-state index contributed by atoms with van der Waals surface area (Å²) in [6.07, 6.45) is 3.47. The number of rotatable bonds is 11. The normalized spacial score (nSPS) is 10.7. The molecular weight excluding hydrogens is 446 g/mol. The Labute approximate surface area is 205 Å². The molecular formula is C26H31N5O2S. The lowest BCUT2D eigenvalue weighted by atomic mass is 10.1. The quantitative estimate of drug-likeness (QED) is 0.306. The molecule has 0 aliphatic carbocycles. The molecule has 0 fully saturated rings. The average molecular weight is 478 g/mol. The predicted octanol–water partition coefficient (Wildman–Crippen LogP) is 4.81. The van der Waals surface area contributed by atoms with Crippen molar-refractivity contribution in [3.05, 3.63) is 77.6 Å². The second kappa shape index (κ2) is 12.2. The van der Waals surface area contributed by atoms with Crippen molar-refractivity contribution in [2.24, 2.45) is 0 Å². The number of aryl methyl sites for hydroxylation is 3. The van der Waals surface area contributed by atoms with E-state index < -0.39 is 0 Å². The summed E-state index contributed by atoms with van der Waals surface area (Å²) in [4.78, 5) is 25.3. The van der Waals surface area contributed by atoms with E-state index in [1.54, 1.807) is 6.08 Å². The molecule has 0 saturated carbocycles. The van der Waals surface area contributed by atoms with Crippen LogP contribution in [0.3, 0.4) is 0 Å². The van der Waals surface area contributed by atoms with Gasteiger partial charge in [-0.1, -0.05) is 68.1 Å². The van der Waals surface area contributed by atoms with E-state index >= 15 is 0 Å². The van der Waals surface area contributed by atoms with Crippen LogP contribution in [0, 0.1) is 6.92 Å². The smallest absolute Gasteiger partial charge is 0.234 e. The van der Waals surface area contributed by atoms with Gasteiger partial charge in [-0.05, 0) is 42.5 Å². The lowest BCUT2D eigenvalue weighted by Crippen LogP contribution is -2.19. The molecule has 8 heteroatoms. The van der Waals surface area contributed by atoms with Gasteiger partial charge in [0, 0.05) is 17.9 Å². The van der Waals surface area contributed by atoms with E-state index in [9.17, 15) is 9.59 Å². The fraction of sp³-hybridized carbons (Fsp3) is 0.308. The first-order chi connectivity index (χ1) is 16.5. The van der Waals surface area contributed by atoms with Crippen molar-refractivity contribution in [3.8, 4) is 0 Å². The Bertz CT molecular complexity index is 1170. The zero-order valence-electron chi connectivity index (χ0n) is 19.9. The van der Waals surface area contributed by atoms with E-state index in [4.69, 9.17) is 0 Å². The fourth-order valence-corrected chi connectivity index (χ4v) is 4.43. The molecule has 2 amide bonds. The van der Waals surface area contributed by atoms with Gasteiger partial charge in [-0.15, -0.1) is 16.8 Å². The minimum atomic E-state index is -0.167. The highest BCUT2D eigenvalue weighted by Gasteiger charge is 2.17. The van der Waals surface area contributed by atoms with Crippen LogP contribution in [0.15, 0.2) is 60.3 Å². The van der Waals surface area contributed by atoms with Crippen molar-refractivity contribution >= 4 is 35.0 Å². The second-order valence-electron chi connectivity index (χ2n) is 7.83. The minimum Gasteiger partial charge on any atom is -0.325 e. The molecule has 0 radical (unpaired) electrons. The number of amides is 2. The number of para-hydroxylation sites is 2. The maximum Gasteiger partial charge on any atom is 0.234 e. The molecule has 34 heavy (non-hydrogen) atoms. The number of aromatic nitrogens is 3. The van der Waals surface area contributed by atoms with Crippen LogP contribution in [0.1, 0.15) is 36.4 Å². The standard InChI is InChI=1S/C26H31N5O2S/c1-5-15-31-22(16-23(32)27-21-14-9-8-12-19(21)6-2)29-30-26(31)34-17-24(33)28-25-18(4)11-10-13-20(25)7-3/h5,8-14H,1,6-7,15-17H2,2-4H3,(H,27,32)(H,28,33). The zero-order chi connectivity index (χ0) is 24.5. The largest absolute Gasteiger partial charge is 0.325 e. The maximum atomic E-state index is 12.7. The Kier molecular flexibility index (Phi) is 9.04. The van der Waals surface area contributed by atoms with Crippen LogP contribution in [0.25, 0.3) is 0 Å². The summed E-state index contributed by atoms with van der Waals surface area (Å²) in [5, 5.41) is 15.0. The summed E-state index contributed by atoms with van der Waals surface area (Å²) in [5.74, 6) is 0.432. The maximum absolute atomic E-state index is 12.7. The van der Waals surface area contributed by atoms with Gasteiger partial charge in [0.15, 0.2) is 5.16 Å². The molecule has 3 rings (SSSR count). The summed E-state index contributed by atoms with van der Waals surface area (Å²) in [7, 11) is 0. The number of thioether (sulfide) groups is 1. The van der Waals surface area contributed by atoms with E-state index in [0.29, 0.717) is 17.5 Å². The zero-order valence-corrected chi connectivity index (χ0v) is 20.7. The third-order valence-electron chi connectivity index (χ3n) is 5.43. The summed E-state index contributed by atoms with van der Waals surface area (Å²) in [5.41, 5.74) is 4.88. The monoisotopic (exact) mass is 477 g/mol. The summed E-state index contributed by atoms with van der Waals surface area (Å²) in [6, 6.07) is 13.7. The number of anilines is 2. The SMILES string of the molecule is C=CCn1c(CC(=O)Nc2ccccc2CC)nnc1SCC(=O)Nc1c(C)cccc1CC. The van der Waals surface area contributed by atoms with Gasteiger partial charge in [0.1, 0.15) is 5.82 Å². The lowest BCUT2D eigenvalue weighted by molar-refractivity contribution is -0.116. The van der Waals surface area contributed by atoms with Crippen LogP contribution < -0.4 is 10.6 Å². The van der Waals surface area contributed by atoms with Crippen LogP contribution >= 0.6 is 11.8 Å². The fourth-order valence-electron chi connectivity index (χ4n) is 3.67. The van der Waals surface area contributed by atoms with Crippen LogP contribution in [0.5, 0.6) is 0 Å². The minimum absolute atomic E-state index is 0.0781. The van der Waals surface area contributed by atoms with Gasteiger partial charge >= 0.3 is 0 Å². The number of hydrogen-bond acceptors (Lipinski definition) is 5. The Hall–Kier alpha value is -3.39. The summed E-state index contributed by atoms with van der Waals surface area (Å²) < 4.78 is 1.82. The van der Waals surface area contributed by atoms with Crippen molar-refractivity contribution in [1.82, 2.24) is 14.8 Å². The number of benzene rings is 2. The first kappa shape index (κ1) is 25.2. The molecule has 0 aliphatic rings. The van der Waals surface area contributed by atoms with E-state index in [1.807, 2.05) is 60.9 Å². The van der Waals surface area contributed by atoms with Gasteiger partial charge in [0.25, 0.3) is 0 Å². The van der Waals surface area contributed by atoms with Gasteiger partial charge in [-0.3, -0.25) is 9.59 Å². The highest BCUT2D eigenvalue weighted by molar-refractivity contribution is 7.99. The predicted molar refractivity (Wildman–Crippen MR) is 138 cm³/mol. The topological polar surface area (TPSA) is 88.9 Å². The molecule has 1 aromatic heterocycles. The van der Waals surface area contributed by atoms with E-state index in [2.05, 4.69) is 34.3 Å². The highest BCUT2D eigenvalue weighted by atomic mass is 32.2. The molecule has 3 aromatic rings. The van der Waals surface area contributed by atoms with E-state index in [1.165, 1.54) is 11.8 Å². The molecule has 0 atom stereocenters. The molecule has 2 aromatic carbocycles. The second-order valence-corrected chi connectivity index (χ2v) is 8.78. The van der Waals surface area contributed by atoms with Gasteiger partial charge in [0.05, 0.1) is 12.2 Å². The van der Waals surface area contributed by atoms with Gasteiger partial charge < -0.3 is 15.2 Å². The molecule has 0 spiro atoms. The summed E-state index contributed by atoms with van der Waals surface area (Å²) in [6.45, 7) is 10.3. The molecule has 0 aliphatic heterocycles. The number of nitrogens with zero attached hydrogens (tertiary/aromatic N) is 3. The molecule has 0 unspecified atom stereocenters. The van der Waals surface area contributed by atoms with Crippen molar-refractivity contribution in [2.75, 3.05) is 16.4 Å². The van der Waals surface area contributed by atoms with Crippen molar-refractivity contribution in [1.29, 1.82) is 0 Å². The average Bonchev–Trinajstić information content (AvgIpc) is 3.20. The number of nitrogens with one attached hydrogen (secondary N) is 2. The number of carbonyl (C=O) groups is 2. The Morgan fingerprint density at radius 1 is 1.00 bits per heavy atom. The van der Waals surface area contributed by atoms with Crippen LogP contribution in [0.2, 0.25) is 0 Å². The molecule has 1 heterocycles. The van der Waals surface area contributed by atoms with E-state index in [0.717, 1.165) is 40.9 Å². The number of hydrogen-bond donors (Lipinski definition) is 2. The molecule has 2 N–H and O–H groups in total. The lowest BCUT2D eigenvalue weighted by Gasteiger charge is -2.13. The Balaban J connectivity index is 1.66. The molecule has 7 nitrogen and oxygen atoms in total. The Morgan fingerprint density at radius 3 is 2.47 bits per heavy atom. The summed E-state index contributed by atoms with van der Waals surface area (Å²) >= 11 is 1.29. The van der Waals surface area contributed by atoms with Crippen molar-refractivity contribution in [2.45, 2.75) is 51.7 Å². The van der Waals surface area contributed by atoms with Crippen LogP contribution in [-0.4, -0.2) is 32.3 Å². The first-order valence-electron chi connectivity index (χ1n) is 11.4. The Morgan fingerprint density at radius 2 is 1.74 bits per heavy atom. The van der Waals surface area contributed by atoms with Crippen molar-refractivity contribution in [3.63, 3.8) is 0 Å². The van der Waals surface area contributed by atoms with E-state index in [-0.39, 0.29) is 24.0 Å². The third-order valence-corrected chi connectivity index (χ3v) is 6.40. The van der Waals surface area contributed by atoms with Gasteiger partial charge in [-0.25, -0.2) is 0 Å². The van der Waals surface area contributed by atoms with Crippen LogP contribution in [-0.2, 0) is 35.4 Å². The van der Waals surface area contributed by atoms with Gasteiger partial charge in [0.2, 0.25) is 11.8 Å².